The van der Waals surface area contributed by atoms with Crippen molar-refractivity contribution < 1.29 is 18.9 Å². The summed E-state index contributed by atoms with van der Waals surface area (Å²) < 4.78 is 21.3. The highest BCUT2D eigenvalue weighted by molar-refractivity contribution is 6.62. The predicted molar refractivity (Wildman–Crippen MR) is 110 cm³/mol. The summed E-state index contributed by atoms with van der Waals surface area (Å²) in [5, 5.41) is 0. The van der Waals surface area contributed by atoms with Gasteiger partial charge in [0.2, 0.25) is 0 Å². The van der Waals surface area contributed by atoms with E-state index in [2.05, 4.69) is 41.5 Å². The van der Waals surface area contributed by atoms with Gasteiger partial charge in [0.1, 0.15) is 29.4 Å². The van der Waals surface area contributed by atoms with Gasteiger partial charge in [-0.2, -0.15) is 0 Å². The quantitative estimate of drug-likeness (QED) is 0.372. The average Bonchev–Trinajstić information content (AvgIpc) is 2.53. The molecule has 0 aromatic carbocycles. The fourth-order valence-corrected chi connectivity index (χ4v) is 9.96. The van der Waals surface area contributed by atoms with Crippen LogP contribution in [0.25, 0.3) is 0 Å². The van der Waals surface area contributed by atoms with E-state index < -0.39 is 17.6 Å². The summed E-state index contributed by atoms with van der Waals surface area (Å²) in [5.41, 5.74) is 1.46. The van der Waals surface area contributed by atoms with Gasteiger partial charge in [0.25, 0.3) is 0 Å². The second kappa shape index (κ2) is 16.7. The van der Waals surface area contributed by atoms with E-state index in [-0.39, 0.29) is 11.8 Å². The summed E-state index contributed by atoms with van der Waals surface area (Å²) in [5.74, 6) is 0.204. The molecule has 0 aromatic heterocycles. The number of rotatable bonds is 12. The minimum absolute atomic E-state index is 0.0741. The molecule has 0 radical (unpaired) electrons. The maximum Gasteiger partial charge on any atom is 0.138 e. The maximum atomic E-state index is 5.32. The first-order chi connectivity index (χ1) is 11.3. The lowest BCUT2D eigenvalue weighted by Gasteiger charge is -2.29. The van der Waals surface area contributed by atoms with Crippen molar-refractivity contribution >= 4 is 17.6 Å². The van der Waals surface area contributed by atoms with Gasteiger partial charge in [-0.05, 0) is 11.1 Å². The molecular formula is C18H44O4Si2. The normalized spacial score (nSPS) is 12.0. The van der Waals surface area contributed by atoms with Crippen LogP contribution in [0, 0.1) is 0 Å². The van der Waals surface area contributed by atoms with E-state index >= 15 is 0 Å². The largest absolute Gasteiger partial charge is 0.360 e. The molecule has 0 N–H and O–H groups in total. The molecular weight excluding hydrogens is 336 g/mol. The van der Waals surface area contributed by atoms with Crippen LogP contribution in [0.1, 0.15) is 54.4 Å². The Morgan fingerprint density at radius 2 is 0.958 bits per heavy atom. The van der Waals surface area contributed by atoms with Gasteiger partial charge in [0.15, 0.2) is 0 Å². The van der Waals surface area contributed by atoms with Crippen molar-refractivity contribution in [1.82, 2.24) is 0 Å². The number of hydrogen-bond donors (Lipinski definition) is 0. The third-order valence-corrected chi connectivity index (χ3v) is 12.7. The molecule has 0 aliphatic heterocycles. The smallest absolute Gasteiger partial charge is 0.138 e. The van der Waals surface area contributed by atoms with Crippen LogP contribution in [0.4, 0.5) is 0 Å². The number of methoxy groups -OCH3 is 4. The minimum atomic E-state index is -0.940. The fourth-order valence-electron chi connectivity index (χ4n) is 3.45. The molecule has 0 unspecified atom stereocenters. The summed E-state index contributed by atoms with van der Waals surface area (Å²) in [4.78, 5) is 0. The van der Waals surface area contributed by atoms with Crippen molar-refractivity contribution in [3.05, 3.63) is 0 Å². The molecule has 0 amide bonds. The second-order valence-electron chi connectivity index (χ2n) is 7.08. The van der Waals surface area contributed by atoms with Gasteiger partial charge in [0.05, 0.1) is 0 Å². The van der Waals surface area contributed by atoms with Gasteiger partial charge >= 0.3 is 0 Å². The van der Waals surface area contributed by atoms with E-state index in [1.807, 2.05) is 0 Å². The first-order valence-corrected chi connectivity index (χ1v) is 13.7. The minimum Gasteiger partial charge on any atom is -0.360 e. The molecule has 0 spiro atoms. The summed E-state index contributed by atoms with van der Waals surface area (Å²) >= 11 is 0. The topological polar surface area (TPSA) is 36.9 Å². The highest BCUT2D eigenvalue weighted by atomic mass is 28.3. The van der Waals surface area contributed by atoms with Crippen LogP contribution in [-0.4, -0.2) is 57.9 Å². The first kappa shape index (κ1) is 26.5. The highest BCUT2D eigenvalue weighted by Crippen LogP contribution is 2.24. The molecule has 148 valence electrons. The van der Waals surface area contributed by atoms with Crippen LogP contribution in [0.2, 0.25) is 23.2 Å². The molecule has 0 aliphatic rings. The molecule has 0 atom stereocenters. The van der Waals surface area contributed by atoms with Crippen LogP contribution >= 0.6 is 0 Å². The molecule has 0 rings (SSSR count). The Morgan fingerprint density at radius 3 is 1.12 bits per heavy atom. The van der Waals surface area contributed by atoms with E-state index in [1.54, 1.807) is 28.4 Å². The van der Waals surface area contributed by atoms with Crippen LogP contribution in [0.5, 0.6) is 0 Å². The van der Waals surface area contributed by atoms with Crippen molar-refractivity contribution in [2.45, 2.75) is 89.4 Å². The van der Waals surface area contributed by atoms with Gasteiger partial charge in [-0.15, -0.1) is 0 Å². The van der Waals surface area contributed by atoms with E-state index in [0.717, 1.165) is 11.1 Å². The van der Waals surface area contributed by atoms with Crippen LogP contribution in [-0.2, 0) is 18.9 Å². The summed E-state index contributed by atoms with van der Waals surface area (Å²) in [6, 6.07) is 2.67. The molecule has 0 aliphatic carbocycles. The monoisotopic (exact) mass is 380 g/mol. The second-order valence-corrected chi connectivity index (χ2v) is 14.7. The Bertz CT molecular complexity index is 243. The zero-order chi connectivity index (χ0) is 19.1. The molecule has 6 heteroatoms. The van der Waals surface area contributed by atoms with Gasteiger partial charge < -0.3 is 18.9 Å². The van der Waals surface area contributed by atoms with Crippen LogP contribution < -0.4 is 0 Å². The van der Waals surface area contributed by atoms with E-state index in [4.69, 9.17) is 18.9 Å². The van der Waals surface area contributed by atoms with Crippen molar-refractivity contribution in [2.24, 2.45) is 0 Å². The standard InChI is InChI=1S/2C9H22O2Si/c1-7(2)12(8(3)4)9(10-5)11-6;1-5-7-12(8-6-2)9(10-3)11-4/h7-9,12H,1-6H3;9,12H,5-8H2,1-4H3. The van der Waals surface area contributed by atoms with Gasteiger partial charge in [-0.25, -0.2) is 0 Å². The molecule has 4 nitrogen and oxygen atoms in total. The zero-order valence-corrected chi connectivity index (χ0v) is 20.2. The fraction of sp³-hybridized carbons (Fsp3) is 1.00. The van der Waals surface area contributed by atoms with Crippen molar-refractivity contribution in [2.75, 3.05) is 28.4 Å². The third-order valence-electron chi connectivity index (χ3n) is 4.49. The van der Waals surface area contributed by atoms with Crippen molar-refractivity contribution in [3.8, 4) is 0 Å². The number of hydrogen-bond acceptors (Lipinski definition) is 4. The van der Waals surface area contributed by atoms with E-state index in [1.165, 1.54) is 24.9 Å². The van der Waals surface area contributed by atoms with Crippen LogP contribution in [0.15, 0.2) is 0 Å². The van der Waals surface area contributed by atoms with Gasteiger partial charge in [-0.1, -0.05) is 66.5 Å². The lowest BCUT2D eigenvalue weighted by molar-refractivity contribution is -0.0488. The summed E-state index contributed by atoms with van der Waals surface area (Å²) in [7, 11) is 5.24. The maximum absolute atomic E-state index is 5.32. The molecule has 24 heavy (non-hydrogen) atoms. The Hall–Kier alpha value is 0.274. The lowest BCUT2D eigenvalue weighted by atomic mass is 10.5. The Balaban J connectivity index is 0. The third kappa shape index (κ3) is 11.0. The summed E-state index contributed by atoms with van der Waals surface area (Å²) in [6.07, 6.45) is 2.53. The van der Waals surface area contributed by atoms with Gasteiger partial charge in [0, 0.05) is 28.4 Å². The Labute approximate surface area is 154 Å². The van der Waals surface area contributed by atoms with Gasteiger partial charge in [-0.3, -0.25) is 0 Å². The first-order valence-electron chi connectivity index (χ1n) is 9.45. The average molecular weight is 381 g/mol. The van der Waals surface area contributed by atoms with Crippen molar-refractivity contribution in [1.29, 1.82) is 0 Å². The van der Waals surface area contributed by atoms with E-state index in [9.17, 15) is 0 Å². The Morgan fingerprint density at radius 1 is 0.625 bits per heavy atom. The number of ether oxygens (including phenoxy) is 4. The summed E-state index contributed by atoms with van der Waals surface area (Å²) in [6.45, 7) is 13.5. The lowest BCUT2D eigenvalue weighted by Crippen LogP contribution is -2.39. The Kier molecular flexibility index (Phi) is 18.5. The van der Waals surface area contributed by atoms with Crippen molar-refractivity contribution in [3.63, 3.8) is 0 Å². The zero-order valence-electron chi connectivity index (χ0n) is 17.9. The molecule has 0 bridgehead atoms. The molecule has 0 fully saturated rings. The molecule has 0 saturated heterocycles. The van der Waals surface area contributed by atoms with E-state index in [0.29, 0.717) is 0 Å². The SMILES string of the molecule is CCC[SiH](CCC)C(OC)OC.COC(OC)[SiH](C(C)C)C(C)C. The van der Waals surface area contributed by atoms with Crippen LogP contribution in [0.3, 0.4) is 0 Å². The molecule has 0 saturated carbocycles. The molecule has 0 aromatic rings. The predicted octanol–water partition coefficient (Wildman–Crippen LogP) is 4.38. The molecule has 0 heterocycles. The highest BCUT2D eigenvalue weighted by Gasteiger charge is 2.29.